The van der Waals surface area contributed by atoms with Gasteiger partial charge in [0.1, 0.15) is 5.75 Å². The van der Waals surface area contributed by atoms with Gasteiger partial charge in [-0.2, -0.15) is 0 Å². The lowest BCUT2D eigenvalue weighted by atomic mass is 10.2. The van der Waals surface area contributed by atoms with Crippen molar-refractivity contribution in [3.8, 4) is 5.75 Å². The zero-order valence-corrected chi connectivity index (χ0v) is 11.9. The maximum Gasteiger partial charge on any atom is 0.220 e. The van der Waals surface area contributed by atoms with Crippen LogP contribution in [0.25, 0.3) is 0 Å². The van der Waals surface area contributed by atoms with Gasteiger partial charge in [0, 0.05) is 19.5 Å². The fraction of sp³-hybridized carbons (Fsp3) is 0.533. The van der Waals surface area contributed by atoms with Crippen molar-refractivity contribution in [1.82, 2.24) is 10.6 Å². The number of carbonyl (C=O) groups is 1. The first-order valence-corrected chi connectivity index (χ1v) is 6.90. The predicted octanol–water partition coefficient (Wildman–Crippen LogP) is 1.88. The number of aryl methyl sites for hydroxylation is 1. The number of likely N-dealkylation sites (N-methyl/N-ethyl adjacent to an activating group) is 1. The molecule has 0 heterocycles. The molecule has 0 spiro atoms. The third kappa shape index (κ3) is 6.82. The van der Waals surface area contributed by atoms with E-state index in [1.54, 1.807) is 0 Å². The monoisotopic (exact) mass is 264 g/mol. The molecule has 0 aliphatic heterocycles. The maximum atomic E-state index is 11.5. The summed E-state index contributed by atoms with van der Waals surface area (Å²) in [5, 5.41) is 6.03. The molecule has 0 aliphatic rings. The van der Waals surface area contributed by atoms with Gasteiger partial charge in [0.2, 0.25) is 5.91 Å². The Morgan fingerprint density at radius 3 is 2.79 bits per heavy atom. The van der Waals surface area contributed by atoms with Gasteiger partial charge in [-0.25, -0.2) is 0 Å². The largest absolute Gasteiger partial charge is 0.493 e. The van der Waals surface area contributed by atoms with Crippen molar-refractivity contribution in [3.63, 3.8) is 0 Å². The Hall–Kier alpha value is -1.55. The van der Waals surface area contributed by atoms with E-state index in [1.165, 1.54) is 0 Å². The van der Waals surface area contributed by atoms with E-state index >= 15 is 0 Å². The fourth-order valence-corrected chi connectivity index (χ4v) is 1.69. The minimum absolute atomic E-state index is 0.0892. The lowest BCUT2D eigenvalue weighted by Gasteiger charge is -2.09. The van der Waals surface area contributed by atoms with Gasteiger partial charge in [-0.15, -0.1) is 0 Å². The second-order valence-electron chi connectivity index (χ2n) is 4.42. The maximum absolute atomic E-state index is 11.5. The fourth-order valence-electron chi connectivity index (χ4n) is 1.69. The average Bonchev–Trinajstić information content (AvgIpc) is 2.41. The zero-order valence-electron chi connectivity index (χ0n) is 11.9. The van der Waals surface area contributed by atoms with Crippen molar-refractivity contribution in [2.24, 2.45) is 0 Å². The highest BCUT2D eigenvalue weighted by atomic mass is 16.5. The van der Waals surface area contributed by atoms with Gasteiger partial charge < -0.3 is 15.4 Å². The summed E-state index contributed by atoms with van der Waals surface area (Å²) in [5.74, 6) is 0.987. The number of rotatable bonds is 9. The molecule has 19 heavy (non-hydrogen) atoms. The normalized spacial score (nSPS) is 10.2. The number of ether oxygens (including phenoxy) is 1. The summed E-state index contributed by atoms with van der Waals surface area (Å²) in [6.45, 7) is 7.08. The summed E-state index contributed by atoms with van der Waals surface area (Å²) in [4.78, 5) is 11.5. The molecule has 0 bridgehead atoms. The van der Waals surface area contributed by atoms with E-state index in [0.29, 0.717) is 19.6 Å². The number of hydrogen-bond acceptors (Lipinski definition) is 3. The minimum atomic E-state index is 0.0892. The van der Waals surface area contributed by atoms with Crippen molar-refractivity contribution in [1.29, 1.82) is 0 Å². The average molecular weight is 264 g/mol. The van der Waals surface area contributed by atoms with Gasteiger partial charge >= 0.3 is 0 Å². The van der Waals surface area contributed by atoms with Crippen molar-refractivity contribution in [2.75, 3.05) is 26.2 Å². The third-order valence-corrected chi connectivity index (χ3v) is 2.77. The summed E-state index contributed by atoms with van der Waals surface area (Å²) in [6, 6.07) is 7.91. The summed E-state index contributed by atoms with van der Waals surface area (Å²) < 4.78 is 5.64. The lowest BCUT2D eigenvalue weighted by Crippen LogP contribution is -2.31. The molecule has 0 radical (unpaired) electrons. The molecule has 0 saturated heterocycles. The first-order chi connectivity index (χ1) is 9.24. The highest BCUT2D eigenvalue weighted by Gasteiger charge is 2.01. The number of benzene rings is 1. The van der Waals surface area contributed by atoms with Gasteiger partial charge in [0.05, 0.1) is 6.61 Å². The Bertz CT molecular complexity index is 380. The van der Waals surface area contributed by atoms with Crippen LogP contribution in [0.1, 0.15) is 25.3 Å². The molecule has 0 aliphatic carbocycles. The number of hydrogen-bond donors (Lipinski definition) is 2. The molecular weight excluding hydrogens is 240 g/mol. The van der Waals surface area contributed by atoms with Crippen LogP contribution in [0.15, 0.2) is 24.3 Å². The third-order valence-electron chi connectivity index (χ3n) is 2.77. The Morgan fingerprint density at radius 2 is 2.05 bits per heavy atom. The lowest BCUT2D eigenvalue weighted by molar-refractivity contribution is -0.121. The molecule has 4 heteroatoms. The minimum Gasteiger partial charge on any atom is -0.493 e. The molecule has 0 fully saturated rings. The van der Waals surface area contributed by atoms with E-state index in [9.17, 15) is 4.79 Å². The van der Waals surface area contributed by atoms with Gasteiger partial charge in [0.15, 0.2) is 0 Å². The molecule has 2 N–H and O–H groups in total. The highest BCUT2D eigenvalue weighted by molar-refractivity contribution is 5.75. The summed E-state index contributed by atoms with van der Waals surface area (Å²) in [7, 11) is 0. The molecule has 4 nitrogen and oxygen atoms in total. The second-order valence-corrected chi connectivity index (χ2v) is 4.42. The summed E-state index contributed by atoms with van der Waals surface area (Å²) in [5.41, 5.74) is 1.12. The zero-order chi connectivity index (χ0) is 13.9. The molecule has 0 atom stereocenters. The first kappa shape index (κ1) is 15.5. The van der Waals surface area contributed by atoms with E-state index in [-0.39, 0.29) is 5.91 Å². The van der Waals surface area contributed by atoms with Crippen LogP contribution in [0.2, 0.25) is 0 Å². The molecule has 1 aromatic carbocycles. The van der Waals surface area contributed by atoms with E-state index in [1.807, 2.05) is 38.1 Å². The topological polar surface area (TPSA) is 50.4 Å². The predicted molar refractivity (Wildman–Crippen MR) is 77.5 cm³/mol. The van der Waals surface area contributed by atoms with E-state index in [0.717, 1.165) is 30.8 Å². The van der Waals surface area contributed by atoms with Crippen LogP contribution in [-0.2, 0) is 4.79 Å². The van der Waals surface area contributed by atoms with Gasteiger partial charge in [-0.05, 0) is 31.5 Å². The van der Waals surface area contributed by atoms with E-state index in [2.05, 4.69) is 10.6 Å². The number of para-hydroxylation sites is 1. The van der Waals surface area contributed by atoms with Crippen LogP contribution in [0.5, 0.6) is 5.75 Å². The SMILES string of the molecule is CCNCCNC(=O)CCCOc1ccccc1C. The molecule has 1 amide bonds. The quantitative estimate of drug-likeness (QED) is 0.670. The van der Waals surface area contributed by atoms with Crippen LogP contribution in [0.3, 0.4) is 0 Å². The molecule has 1 rings (SSSR count). The summed E-state index contributed by atoms with van der Waals surface area (Å²) >= 11 is 0. The summed E-state index contributed by atoms with van der Waals surface area (Å²) in [6.07, 6.45) is 1.25. The first-order valence-electron chi connectivity index (χ1n) is 6.90. The van der Waals surface area contributed by atoms with Crippen molar-refractivity contribution in [2.45, 2.75) is 26.7 Å². The smallest absolute Gasteiger partial charge is 0.220 e. The van der Waals surface area contributed by atoms with Gasteiger partial charge in [-0.3, -0.25) is 4.79 Å². The Labute approximate surface area is 115 Å². The van der Waals surface area contributed by atoms with Crippen LogP contribution < -0.4 is 15.4 Å². The molecule has 0 aromatic heterocycles. The molecular formula is C15H24N2O2. The van der Waals surface area contributed by atoms with Gasteiger partial charge in [-0.1, -0.05) is 25.1 Å². The Kier molecular flexibility index (Phi) is 7.66. The second kappa shape index (κ2) is 9.39. The van der Waals surface area contributed by atoms with Crippen molar-refractivity contribution >= 4 is 5.91 Å². The molecule has 1 aromatic rings. The van der Waals surface area contributed by atoms with Crippen molar-refractivity contribution in [3.05, 3.63) is 29.8 Å². The number of amides is 1. The van der Waals surface area contributed by atoms with Crippen LogP contribution >= 0.6 is 0 Å². The molecule has 0 saturated carbocycles. The Balaban J connectivity index is 2.07. The standard InChI is InChI=1S/C15H24N2O2/c1-3-16-10-11-17-15(18)9-6-12-19-14-8-5-4-7-13(14)2/h4-5,7-8,16H,3,6,9-12H2,1-2H3,(H,17,18). The van der Waals surface area contributed by atoms with E-state index in [4.69, 9.17) is 4.74 Å². The molecule has 106 valence electrons. The molecule has 0 unspecified atom stereocenters. The van der Waals surface area contributed by atoms with Crippen LogP contribution in [0, 0.1) is 6.92 Å². The van der Waals surface area contributed by atoms with Crippen LogP contribution in [-0.4, -0.2) is 32.1 Å². The van der Waals surface area contributed by atoms with Crippen LogP contribution in [0.4, 0.5) is 0 Å². The number of carbonyl (C=O) groups excluding carboxylic acids is 1. The van der Waals surface area contributed by atoms with E-state index < -0.39 is 0 Å². The van der Waals surface area contributed by atoms with Crippen molar-refractivity contribution < 1.29 is 9.53 Å². The number of nitrogens with one attached hydrogen (secondary N) is 2. The highest BCUT2D eigenvalue weighted by Crippen LogP contribution is 2.16. The Morgan fingerprint density at radius 1 is 1.26 bits per heavy atom. The van der Waals surface area contributed by atoms with Gasteiger partial charge in [0.25, 0.3) is 0 Å².